The molecule has 1 aromatic carbocycles. The quantitative estimate of drug-likeness (QED) is 0.297. The first-order valence-corrected chi connectivity index (χ1v) is 8.47. The van der Waals surface area contributed by atoms with Crippen LogP contribution in [0.2, 0.25) is 0 Å². The summed E-state index contributed by atoms with van der Waals surface area (Å²) in [5.74, 6) is -47.1. The van der Waals surface area contributed by atoms with Crippen LogP contribution in [-0.4, -0.2) is 55.9 Å². The van der Waals surface area contributed by atoms with E-state index in [-0.39, 0.29) is 5.75 Å². The van der Waals surface area contributed by atoms with Gasteiger partial charge < -0.3 is 9.47 Å². The van der Waals surface area contributed by atoms with Crippen LogP contribution < -0.4 is 4.74 Å². The summed E-state index contributed by atoms with van der Waals surface area (Å²) in [6.07, 6.45) is -12.6. The van der Waals surface area contributed by atoms with E-state index < -0.39 is 59.8 Å². The van der Waals surface area contributed by atoms with Crippen molar-refractivity contribution >= 4 is 0 Å². The van der Waals surface area contributed by atoms with Crippen molar-refractivity contribution in [1.29, 1.82) is 0 Å². The van der Waals surface area contributed by atoms with Gasteiger partial charge in [-0.1, -0.05) is 18.2 Å². The van der Waals surface area contributed by atoms with Crippen LogP contribution in [0, 0.1) is 0 Å². The third-order valence-corrected chi connectivity index (χ3v) is 4.60. The van der Waals surface area contributed by atoms with Crippen molar-refractivity contribution < 1.29 is 75.3 Å². The van der Waals surface area contributed by atoms with E-state index in [9.17, 15) is 65.9 Å². The van der Waals surface area contributed by atoms with Gasteiger partial charge in [-0.15, -0.1) is 0 Å². The maximum Gasteiger partial charge on any atom is 0.460 e. The Hall–Kier alpha value is -2.07. The van der Waals surface area contributed by atoms with E-state index in [0.717, 1.165) is 25.3 Å². The minimum Gasteiger partial charge on any atom is -0.496 e. The highest BCUT2D eigenvalue weighted by molar-refractivity contribution is 5.35. The Kier molecular flexibility index (Phi) is 7.81. The van der Waals surface area contributed by atoms with Crippen molar-refractivity contribution in [2.45, 2.75) is 54.2 Å². The van der Waals surface area contributed by atoms with Crippen molar-refractivity contribution in [2.75, 3.05) is 14.2 Å². The molecule has 1 aromatic rings. The number of ether oxygens (including phenoxy) is 2. The average molecular weight is 534 g/mol. The van der Waals surface area contributed by atoms with Gasteiger partial charge in [-0.3, -0.25) is 0 Å². The second-order valence-corrected chi connectivity index (χ2v) is 6.74. The predicted molar refractivity (Wildman–Crippen MR) is 83.1 cm³/mol. The molecule has 1 atom stereocenters. The molecule has 1 rings (SSSR count). The van der Waals surface area contributed by atoms with E-state index in [2.05, 4.69) is 4.74 Å². The first kappa shape index (κ1) is 30.0. The lowest BCUT2D eigenvalue weighted by atomic mass is 9.88. The average Bonchev–Trinajstić information content (AvgIpc) is 2.70. The van der Waals surface area contributed by atoms with Gasteiger partial charge in [0.25, 0.3) is 0 Å². The van der Waals surface area contributed by atoms with Crippen LogP contribution in [0.4, 0.5) is 65.9 Å². The predicted octanol–water partition coefficient (Wildman–Crippen LogP) is 7.15. The van der Waals surface area contributed by atoms with Crippen LogP contribution in [0.25, 0.3) is 0 Å². The van der Waals surface area contributed by atoms with Crippen LogP contribution in [0.1, 0.15) is 18.1 Å². The number of halogens is 15. The topological polar surface area (TPSA) is 18.5 Å². The van der Waals surface area contributed by atoms with Gasteiger partial charge in [-0.25, -0.2) is 0 Å². The molecule has 0 saturated carbocycles. The maximum atomic E-state index is 14.2. The number of alkyl halides is 15. The Labute approximate surface area is 180 Å². The van der Waals surface area contributed by atoms with Gasteiger partial charge in [-0.2, -0.15) is 65.9 Å². The second-order valence-electron chi connectivity index (χ2n) is 6.74. The summed E-state index contributed by atoms with van der Waals surface area (Å²) in [5.41, 5.74) is -0.535. The lowest BCUT2D eigenvalue weighted by Gasteiger charge is -2.42. The number of rotatable bonds is 10. The fourth-order valence-electron chi connectivity index (χ4n) is 2.61. The largest absolute Gasteiger partial charge is 0.496 e. The van der Waals surface area contributed by atoms with Crippen LogP contribution in [0.3, 0.4) is 0 Å². The van der Waals surface area contributed by atoms with Crippen molar-refractivity contribution in [3.8, 4) is 5.75 Å². The van der Waals surface area contributed by atoms with Crippen molar-refractivity contribution in [3.63, 3.8) is 0 Å². The molecule has 0 aliphatic heterocycles. The normalized spacial score (nSPS) is 15.9. The number of benzene rings is 1. The molecule has 17 heteroatoms. The standard InChI is InChI=1S/C17H13F15O2/c1-33-9-6-4-3-5-8(9)10(34-2)7-11(18,19)12(20,21)13(22,23)14(24,25)15(26,27)16(28,29)17(30,31)32/h3-6,10H,7H2,1-2H3. The van der Waals surface area contributed by atoms with Gasteiger partial charge in [0, 0.05) is 19.1 Å². The lowest BCUT2D eigenvalue weighted by molar-refractivity contribution is -0.453. The molecule has 2 nitrogen and oxygen atoms in total. The zero-order chi connectivity index (χ0) is 27.2. The monoisotopic (exact) mass is 534 g/mol. The highest BCUT2D eigenvalue weighted by Crippen LogP contribution is 2.63. The number of hydrogen-bond acceptors (Lipinski definition) is 2. The highest BCUT2D eigenvalue weighted by Gasteiger charge is 2.93. The molecular formula is C17H13F15O2. The molecule has 0 aromatic heterocycles. The molecule has 0 aliphatic rings. The Morgan fingerprint density at radius 2 is 1.03 bits per heavy atom. The van der Waals surface area contributed by atoms with E-state index in [0.29, 0.717) is 7.11 Å². The Morgan fingerprint density at radius 1 is 0.618 bits per heavy atom. The molecule has 0 bridgehead atoms. The summed E-state index contributed by atoms with van der Waals surface area (Å²) in [5, 5.41) is 0. The fourth-order valence-corrected chi connectivity index (χ4v) is 2.61. The summed E-state index contributed by atoms with van der Waals surface area (Å²) in [6, 6.07) is 4.23. The summed E-state index contributed by atoms with van der Waals surface area (Å²) in [4.78, 5) is 0. The summed E-state index contributed by atoms with van der Waals surface area (Å²) in [6.45, 7) is 0. The molecule has 0 aliphatic carbocycles. The molecule has 0 fully saturated rings. The minimum absolute atomic E-state index is 0.359. The Morgan fingerprint density at radius 3 is 1.44 bits per heavy atom. The van der Waals surface area contributed by atoms with E-state index in [4.69, 9.17) is 4.74 Å². The number of hydrogen-bond donors (Lipinski definition) is 0. The van der Waals surface area contributed by atoms with E-state index in [1.807, 2.05) is 0 Å². The van der Waals surface area contributed by atoms with Gasteiger partial charge in [0.1, 0.15) is 5.75 Å². The Balaban J connectivity index is 3.54. The zero-order valence-corrected chi connectivity index (χ0v) is 16.6. The van der Waals surface area contributed by atoms with Gasteiger partial charge in [0.2, 0.25) is 0 Å². The van der Waals surface area contributed by atoms with E-state index >= 15 is 0 Å². The van der Waals surface area contributed by atoms with Gasteiger partial charge in [0.05, 0.1) is 13.2 Å². The van der Waals surface area contributed by atoms with Crippen molar-refractivity contribution in [1.82, 2.24) is 0 Å². The summed E-state index contributed by atoms with van der Waals surface area (Å²) < 4.78 is 208. The number of methoxy groups -OCH3 is 2. The molecular weight excluding hydrogens is 521 g/mol. The highest BCUT2D eigenvalue weighted by atomic mass is 19.4. The van der Waals surface area contributed by atoms with Gasteiger partial charge >= 0.3 is 41.7 Å². The smallest absolute Gasteiger partial charge is 0.460 e. The first-order valence-electron chi connectivity index (χ1n) is 8.47. The zero-order valence-electron chi connectivity index (χ0n) is 16.6. The molecule has 0 radical (unpaired) electrons. The van der Waals surface area contributed by atoms with Gasteiger partial charge in [0.15, 0.2) is 0 Å². The lowest BCUT2D eigenvalue weighted by Crippen LogP contribution is -2.72. The van der Waals surface area contributed by atoms with E-state index in [1.54, 1.807) is 0 Å². The summed E-state index contributed by atoms with van der Waals surface area (Å²) in [7, 11) is 1.51. The minimum atomic E-state index is -8.32. The van der Waals surface area contributed by atoms with Crippen LogP contribution >= 0.6 is 0 Å². The summed E-state index contributed by atoms with van der Waals surface area (Å²) >= 11 is 0. The molecule has 34 heavy (non-hydrogen) atoms. The maximum absolute atomic E-state index is 14.2. The molecule has 0 amide bonds. The fraction of sp³-hybridized carbons (Fsp3) is 0.647. The molecule has 0 spiro atoms. The van der Waals surface area contributed by atoms with Crippen molar-refractivity contribution in [3.05, 3.63) is 29.8 Å². The van der Waals surface area contributed by atoms with Crippen LogP contribution in [0.5, 0.6) is 5.75 Å². The second kappa shape index (κ2) is 8.86. The molecule has 0 saturated heterocycles. The van der Waals surface area contributed by atoms with Crippen LogP contribution in [0.15, 0.2) is 24.3 Å². The molecule has 0 heterocycles. The number of para-hydroxylation sites is 1. The first-order chi connectivity index (χ1) is 15.0. The van der Waals surface area contributed by atoms with Gasteiger partial charge in [-0.05, 0) is 6.07 Å². The Bertz CT molecular complexity index is 848. The van der Waals surface area contributed by atoms with E-state index in [1.165, 1.54) is 6.07 Å². The third kappa shape index (κ3) is 4.34. The van der Waals surface area contributed by atoms with Crippen molar-refractivity contribution in [2.24, 2.45) is 0 Å². The molecule has 1 unspecified atom stereocenters. The molecule has 198 valence electrons. The SMILES string of the molecule is COc1ccccc1C(CC(F)(F)C(F)(F)C(F)(F)C(F)(F)C(F)(F)C(F)(F)C(F)(F)F)OC. The van der Waals surface area contributed by atoms with Crippen LogP contribution in [-0.2, 0) is 4.74 Å². The third-order valence-electron chi connectivity index (χ3n) is 4.60. The molecule has 0 N–H and O–H groups in total.